The summed E-state index contributed by atoms with van der Waals surface area (Å²) in [7, 11) is 0. The van der Waals surface area contributed by atoms with E-state index < -0.39 is 0 Å². The van der Waals surface area contributed by atoms with E-state index in [0.717, 1.165) is 21.6 Å². The number of benzene rings is 1. The SMILES string of the molecule is CCC(CN)c1csc(-c2cc(Br)ccc2C)n1. The van der Waals surface area contributed by atoms with Crippen molar-refractivity contribution in [3.05, 3.63) is 39.3 Å². The molecule has 0 aliphatic heterocycles. The highest BCUT2D eigenvalue weighted by Gasteiger charge is 2.13. The van der Waals surface area contributed by atoms with Crippen molar-refractivity contribution in [2.45, 2.75) is 26.2 Å². The zero-order valence-corrected chi connectivity index (χ0v) is 13.0. The predicted molar refractivity (Wildman–Crippen MR) is 82.1 cm³/mol. The molecule has 2 nitrogen and oxygen atoms in total. The minimum atomic E-state index is 0.377. The van der Waals surface area contributed by atoms with E-state index in [4.69, 9.17) is 10.7 Å². The summed E-state index contributed by atoms with van der Waals surface area (Å²) in [6.07, 6.45) is 1.04. The molecule has 0 aliphatic rings. The third kappa shape index (κ3) is 2.82. The highest BCUT2D eigenvalue weighted by molar-refractivity contribution is 9.10. The topological polar surface area (TPSA) is 38.9 Å². The first-order valence-electron chi connectivity index (χ1n) is 6.07. The average molecular weight is 325 g/mol. The van der Waals surface area contributed by atoms with Crippen molar-refractivity contribution in [2.24, 2.45) is 5.73 Å². The molecule has 0 aliphatic carbocycles. The van der Waals surface area contributed by atoms with Crippen LogP contribution in [0.4, 0.5) is 0 Å². The lowest BCUT2D eigenvalue weighted by Gasteiger charge is -2.08. The third-order valence-corrected chi connectivity index (χ3v) is 4.53. The second-order valence-electron chi connectivity index (χ2n) is 4.38. The molecule has 0 bridgehead atoms. The lowest BCUT2D eigenvalue weighted by atomic mass is 10.0. The molecule has 2 N–H and O–H groups in total. The third-order valence-electron chi connectivity index (χ3n) is 3.15. The van der Waals surface area contributed by atoms with E-state index in [1.807, 2.05) is 0 Å². The monoisotopic (exact) mass is 324 g/mol. The van der Waals surface area contributed by atoms with Crippen LogP contribution in [0.3, 0.4) is 0 Å². The van der Waals surface area contributed by atoms with Crippen molar-refractivity contribution in [1.29, 1.82) is 0 Å². The Labute approximate surface area is 120 Å². The van der Waals surface area contributed by atoms with Crippen LogP contribution >= 0.6 is 27.3 Å². The first-order valence-corrected chi connectivity index (χ1v) is 7.75. The number of hydrogen-bond donors (Lipinski definition) is 1. The fourth-order valence-corrected chi connectivity index (χ4v) is 3.26. The summed E-state index contributed by atoms with van der Waals surface area (Å²) in [5.41, 5.74) is 9.35. The van der Waals surface area contributed by atoms with E-state index >= 15 is 0 Å². The van der Waals surface area contributed by atoms with Gasteiger partial charge in [-0.05, 0) is 31.0 Å². The maximum Gasteiger partial charge on any atom is 0.123 e. The first-order chi connectivity index (χ1) is 8.65. The van der Waals surface area contributed by atoms with Gasteiger partial charge in [-0.1, -0.05) is 28.9 Å². The van der Waals surface area contributed by atoms with Gasteiger partial charge in [0.05, 0.1) is 5.69 Å². The number of hydrogen-bond acceptors (Lipinski definition) is 3. The maximum atomic E-state index is 5.77. The average Bonchev–Trinajstić information content (AvgIpc) is 2.83. The molecular weight excluding hydrogens is 308 g/mol. The molecule has 2 rings (SSSR count). The normalized spacial score (nSPS) is 12.7. The summed E-state index contributed by atoms with van der Waals surface area (Å²) in [6, 6.07) is 6.30. The Morgan fingerprint density at radius 1 is 1.44 bits per heavy atom. The minimum absolute atomic E-state index is 0.377. The van der Waals surface area contributed by atoms with E-state index in [1.54, 1.807) is 11.3 Å². The number of aryl methyl sites for hydroxylation is 1. The number of rotatable bonds is 4. The highest BCUT2D eigenvalue weighted by atomic mass is 79.9. The van der Waals surface area contributed by atoms with E-state index in [1.165, 1.54) is 11.1 Å². The highest BCUT2D eigenvalue weighted by Crippen LogP contribution is 2.31. The van der Waals surface area contributed by atoms with Crippen molar-refractivity contribution in [3.8, 4) is 10.6 Å². The molecule has 1 heterocycles. The van der Waals surface area contributed by atoms with Crippen LogP contribution < -0.4 is 5.73 Å². The summed E-state index contributed by atoms with van der Waals surface area (Å²) in [5, 5.41) is 3.21. The Hall–Kier alpha value is -0.710. The van der Waals surface area contributed by atoms with Crippen LogP contribution in [0, 0.1) is 6.92 Å². The van der Waals surface area contributed by atoms with Crippen LogP contribution in [0.25, 0.3) is 10.6 Å². The van der Waals surface area contributed by atoms with Gasteiger partial charge in [0.2, 0.25) is 0 Å². The minimum Gasteiger partial charge on any atom is -0.330 e. The van der Waals surface area contributed by atoms with Crippen molar-refractivity contribution in [3.63, 3.8) is 0 Å². The molecule has 0 amide bonds. The number of thiazole rings is 1. The van der Waals surface area contributed by atoms with Crippen LogP contribution in [-0.2, 0) is 0 Å². The molecule has 1 aromatic heterocycles. The van der Waals surface area contributed by atoms with Crippen molar-refractivity contribution in [2.75, 3.05) is 6.54 Å². The Morgan fingerprint density at radius 2 is 2.22 bits per heavy atom. The van der Waals surface area contributed by atoms with Gasteiger partial charge in [-0.2, -0.15) is 0 Å². The molecule has 96 valence electrons. The fourth-order valence-electron chi connectivity index (χ4n) is 1.92. The Morgan fingerprint density at radius 3 is 2.89 bits per heavy atom. The summed E-state index contributed by atoms with van der Waals surface area (Å²) in [5.74, 6) is 0.377. The van der Waals surface area contributed by atoms with Gasteiger partial charge in [0.1, 0.15) is 5.01 Å². The van der Waals surface area contributed by atoms with Gasteiger partial charge >= 0.3 is 0 Å². The second kappa shape index (κ2) is 5.95. The Bertz CT molecular complexity index is 532. The molecule has 1 unspecified atom stereocenters. The number of halogens is 1. The van der Waals surface area contributed by atoms with E-state index in [0.29, 0.717) is 12.5 Å². The molecule has 0 spiro atoms. The van der Waals surface area contributed by atoms with Crippen LogP contribution in [-0.4, -0.2) is 11.5 Å². The Balaban J connectivity index is 2.37. The fraction of sp³-hybridized carbons (Fsp3) is 0.357. The quantitative estimate of drug-likeness (QED) is 0.908. The van der Waals surface area contributed by atoms with Crippen LogP contribution in [0.2, 0.25) is 0 Å². The maximum absolute atomic E-state index is 5.77. The molecule has 0 radical (unpaired) electrons. The van der Waals surface area contributed by atoms with Crippen LogP contribution in [0.5, 0.6) is 0 Å². The van der Waals surface area contributed by atoms with Crippen LogP contribution in [0.1, 0.15) is 30.5 Å². The molecule has 4 heteroatoms. The van der Waals surface area contributed by atoms with E-state index in [-0.39, 0.29) is 0 Å². The predicted octanol–water partition coefficient (Wildman–Crippen LogP) is 4.33. The number of aromatic nitrogens is 1. The molecule has 0 saturated carbocycles. The van der Waals surface area contributed by atoms with Gasteiger partial charge in [-0.15, -0.1) is 11.3 Å². The van der Waals surface area contributed by atoms with E-state index in [2.05, 4.69) is 53.4 Å². The largest absolute Gasteiger partial charge is 0.330 e. The molecule has 0 fully saturated rings. The van der Waals surface area contributed by atoms with E-state index in [9.17, 15) is 0 Å². The van der Waals surface area contributed by atoms with Gasteiger partial charge in [-0.25, -0.2) is 4.98 Å². The molecule has 1 atom stereocenters. The lowest BCUT2D eigenvalue weighted by Crippen LogP contribution is -2.11. The van der Waals surface area contributed by atoms with Crippen molar-refractivity contribution < 1.29 is 0 Å². The van der Waals surface area contributed by atoms with Gasteiger partial charge in [0, 0.05) is 27.9 Å². The van der Waals surface area contributed by atoms with Gasteiger partial charge in [0.15, 0.2) is 0 Å². The van der Waals surface area contributed by atoms with Crippen molar-refractivity contribution in [1.82, 2.24) is 4.98 Å². The second-order valence-corrected chi connectivity index (χ2v) is 6.15. The zero-order chi connectivity index (χ0) is 13.1. The van der Waals surface area contributed by atoms with Gasteiger partial charge in [0.25, 0.3) is 0 Å². The zero-order valence-electron chi connectivity index (χ0n) is 10.6. The summed E-state index contributed by atoms with van der Waals surface area (Å²) in [6.45, 7) is 4.93. The summed E-state index contributed by atoms with van der Waals surface area (Å²) in [4.78, 5) is 4.74. The standard InChI is InChI=1S/C14H17BrN2S/c1-3-10(7-16)13-8-18-14(17-13)12-6-11(15)5-4-9(12)2/h4-6,8,10H,3,7,16H2,1-2H3. The summed E-state index contributed by atoms with van der Waals surface area (Å²) < 4.78 is 1.09. The van der Waals surface area contributed by atoms with Gasteiger partial charge < -0.3 is 5.73 Å². The Kier molecular flexibility index (Phi) is 4.54. The molecule has 0 saturated heterocycles. The van der Waals surface area contributed by atoms with Crippen LogP contribution in [0.15, 0.2) is 28.1 Å². The molecule has 1 aromatic carbocycles. The van der Waals surface area contributed by atoms with Gasteiger partial charge in [-0.3, -0.25) is 0 Å². The molecule has 2 aromatic rings. The number of nitrogens with two attached hydrogens (primary N) is 1. The first kappa shape index (κ1) is 13.7. The molecular formula is C14H17BrN2S. The smallest absolute Gasteiger partial charge is 0.123 e. The number of nitrogens with zero attached hydrogens (tertiary/aromatic N) is 1. The molecule has 18 heavy (non-hydrogen) atoms. The van der Waals surface area contributed by atoms with Crippen molar-refractivity contribution >= 4 is 27.3 Å². The summed E-state index contributed by atoms with van der Waals surface area (Å²) >= 11 is 5.21. The lowest BCUT2D eigenvalue weighted by molar-refractivity contribution is 0.659.